The van der Waals surface area contributed by atoms with Crippen LogP contribution in [0.2, 0.25) is 0 Å². The maximum Gasteiger partial charge on any atom is 0.254 e. The Hall–Kier alpha value is -2.35. The van der Waals surface area contributed by atoms with Gasteiger partial charge in [0.2, 0.25) is 5.91 Å². The molecule has 1 saturated carbocycles. The van der Waals surface area contributed by atoms with E-state index in [1.54, 1.807) is 29.2 Å². The summed E-state index contributed by atoms with van der Waals surface area (Å²) in [6, 6.07) is 8.81. The van der Waals surface area contributed by atoms with E-state index in [-0.39, 0.29) is 17.7 Å². The first-order valence-electron chi connectivity index (χ1n) is 7.77. The number of benzene rings is 1. The van der Waals surface area contributed by atoms with Crippen LogP contribution >= 0.6 is 0 Å². The molecule has 2 aliphatic rings. The summed E-state index contributed by atoms with van der Waals surface area (Å²) in [6.45, 7) is 2.35. The average Bonchev–Trinajstić information content (AvgIpc) is 2.52. The minimum atomic E-state index is -0.0622. The molecule has 1 aromatic carbocycles. The number of piperazine rings is 1. The topological polar surface area (TPSA) is 64.4 Å². The molecule has 0 unspecified atom stereocenters. The second-order valence-electron chi connectivity index (χ2n) is 5.94. The van der Waals surface area contributed by atoms with Crippen LogP contribution in [0.3, 0.4) is 0 Å². The molecule has 1 saturated heterocycles. The van der Waals surface area contributed by atoms with Crippen molar-refractivity contribution in [2.75, 3.05) is 26.2 Å². The van der Waals surface area contributed by atoms with E-state index in [0.717, 1.165) is 19.3 Å². The van der Waals surface area contributed by atoms with Crippen LogP contribution < -0.4 is 0 Å². The number of hydrogen-bond donors (Lipinski definition) is 0. The largest absolute Gasteiger partial charge is 0.339 e. The molecule has 1 aliphatic heterocycles. The fourth-order valence-electron chi connectivity index (χ4n) is 2.95. The van der Waals surface area contributed by atoms with Gasteiger partial charge in [-0.1, -0.05) is 12.5 Å². The Morgan fingerprint density at radius 1 is 1.09 bits per heavy atom. The number of nitrogens with zero attached hydrogens (tertiary/aromatic N) is 3. The molecule has 2 amide bonds. The zero-order chi connectivity index (χ0) is 15.5. The first-order valence-corrected chi connectivity index (χ1v) is 7.77. The molecule has 5 nitrogen and oxygen atoms in total. The number of carbonyl (C=O) groups is 2. The predicted octanol–water partition coefficient (Wildman–Crippen LogP) is 1.64. The van der Waals surface area contributed by atoms with Gasteiger partial charge >= 0.3 is 0 Å². The molecule has 5 heteroatoms. The zero-order valence-corrected chi connectivity index (χ0v) is 12.5. The van der Waals surface area contributed by atoms with E-state index >= 15 is 0 Å². The first-order chi connectivity index (χ1) is 10.7. The van der Waals surface area contributed by atoms with Crippen LogP contribution in [0.1, 0.15) is 35.2 Å². The molecule has 1 heterocycles. The summed E-state index contributed by atoms with van der Waals surface area (Å²) in [6.07, 6.45) is 3.18. The summed E-state index contributed by atoms with van der Waals surface area (Å²) >= 11 is 0. The smallest absolute Gasteiger partial charge is 0.254 e. The molecule has 1 aliphatic carbocycles. The number of amides is 2. The summed E-state index contributed by atoms with van der Waals surface area (Å²) in [5.41, 5.74) is 1.03. The highest BCUT2D eigenvalue weighted by molar-refractivity contribution is 5.94. The van der Waals surface area contributed by atoms with E-state index in [0.29, 0.717) is 37.3 Å². The van der Waals surface area contributed by atoms with Crippen molar-refractivity contribution < 1.29 is 9.59 Å². The number of rotatable bonds is 2. The van der Waals surface area contributed by atoms with Crippen LogP contribution in [0, 0.1) is 17.2 Å². The van der Waals surface area contributed by atoms with Crippen LogP contribution in [0.25, 0.3) is 0 Å². The van der Waals surface area contributed by atoms with Gasteiger partial charge in [0.05, 0.1) is 11.6 Å². The van der Waals surface area contributed by atoms with Crippen LogP contribution in [-0.4, -0.2) is 47.8 Å². The van der Waals surface area contributed by atoms with E-state index in [1.807, 2.05) is 11.0 Å². The van der Waals surface area contributed by atoms with Gasteiger partial charge in [0.15, 0.2) is 0 Å². The Bertz CT molecular complexity index is 623. The molecule has 0 atom stereocenters. The summed E-state index contributed by atoms with van der Waals surface area (Å²) in [5.74, 6) is 0.409. The van der Waals surface area contributed by atoms with Gasteiger partial charge in [0, 0.05) is 37.7 Å². The van der Waals surface area contributed by atoms with Gasteiger partial charge in [0.1, 0.15) is 0 Å². The third kappa shape index (κ3) is 2.82. The standard InChI is InChI=1S/C17H19N3O2/c18-12-13-3-1-6-15(11-13)17(22)20-9-7-19(8-10-20)16(21)14-4-2-5-14/h1,3,6,11,14H,2,4-5,7-10H2. The molecule has 0 bridgehead atoms. The molecule has 114 valence electrons. The first kappa shape index (κ1) is 14.6. The van der Waals surface area contributed by atoms with E-state index in [4.69, 9.17) is 5.26 Å². The van der Waals surface area contributed by atoms with Crippen molar-refractivity contribution in [1.29, 1.82) is 5.26 Å². The molecule has 22 heavy (non-hydrogen) atoms. The average molecular weight is 297 g/mol. The van der Waals surface area contributed by atoms with Gasteiger partial charge < -0.3 is 9.80 Å². The summed E-state index contributed by atoms with van der Waals surface area (Å²) in [4.78, 5) is 28.3. The predicted molar refractivity (Wildman–Crippen MR) is 81.0 cm³/mol. The van der Waals surface area contributed by atoms with Crippen molar-refractivity contribution >= 4 is 11.8 Å². The molecular weight excluding hydrogens is 278 g/mol. The Morgan fingerprint density at radius 2 is 1.77 bits per heavy atom. The molecule has 0 N–H and O–H groups in total. The van der Waals surface area contributed by atoms with Crippen LogP contribution in [-0.2, 0) is 4.79 Å². The molecular formula is C17H19N3O2. The number of hydrogen-bond acceptors (Lipinski definition) is 3. The molecule has 1 aromatic rings. The van der Waals surface area contributed by atoms with E-state index in [1.165, 1.54) is 0 Å². The fraction of sp³-hybridized carbons (Fsp3) is 0.471. The highest BCUT2D eigenvalue weighted by Gasteiger charge is 2.32. The lowest BCUT2D eigenvalue weighted by Gasteiger charge is -2.38. The van der Waals surface area contributed by atoms with Gasteiger partial charge in [-0.3, -0.25) is 9.59 Å². The molecule has 0 radical (unpaired) electrons. The summed E-state index contributed by atoms with van der Waals surface area (Å²) in [5, 5.41) is 8.91. The highest BCUT2D eigenvalue weighted by atomic mass is 16.2. The van der Waals surface area contributed by atoms with E-state index in [2.05, 4.69) is 0 Å². The van der Waals surface area contributed by atoms with E-state index in [9.17, 15) is 9.59 Å². The molecule has 0 spiro atoms. The summed E-state index contributed by atoms with van der Waals surface area (Å²) in [7, 11) is 0. The summed E-state index contributed by atoms with van der Waals surface area (Å²) < 4.78 is 0. The lowest BCUT2D eigenvalue weighted by molar-refractivity contribution is -0.139. The Morgan fingerprint density at radius 3 is 2.36 bits per heavy atom. The van der Waals surface area contributed by atoms with Crippen molar-refractivity contribution in [2.24, 2.45) is 5.92 Å². The SMILES string of the molecule is N#Cc1cccc(C(=O)N2CCN(C(=O)C3CCC3)CC2)c1. The normalized spacial score (nSPS) is 18.5. The van der Waals surface area contributed by atoms with Crippen molar-refractivity contribution in [2.45, 2.75) is 19.3 Å². The Balaban J connectivity index is 1.59. The minimum Gasteiger partial charge on any atom is -0.339 e. The van der Waals surface area contributed by atoms with Crippen LogP contribution in [0.4, 0.5) is 0 Å². The van der Waals surface area contributed by atoms with Crippen molar-refractivity contribution in [3.63, 3.8) is 0 Å². The van der Waals surface area contributed by atoms with Crippen LogP contribution in [0.15, 0.2) is 24.3 Å². The second kappa shape index (κ2) is 6.18. The van der Waals surface area contributed by atoms with Crippen molar-refractivity contribution in [1.82, 2.24) is 9.80 Å². The maximum atomic E-state index is 12.5. The maximum absolute atomic E-state index is 12.5. The van der Waals surface area contributed by atoms with Crippen LogP contribution in [0.5, 0.6) is 0 Å². The highest BCUT2D eigenvalue weighted by Crippen LogP contribution is 2.28. The van der Waals surface area contributed by atoms with E-state index < -0.39 is 0 Å². The second-order valence-corrected chi connectivity index (χ2v) is 5.94. The lowest BCUT2D eigenvalue weighted by atomic mass is 9.84. The minimum absolute atomic E-state index is 0.0622. The Kier molecular flexibility index (Phi) is 4.10. The molecule has 3 rings (SSSR count). The molecule has 0 aromatic heterocycles. The lowest BCUT2D eigenvalue weighted by Crippen LogP contribution is -2.52. The zero-order valence-electron chi connectivity index (χ0n) is 12.5. The quantitative estimate of drug-likeness (QED) is 0.833. The Labute approximate surface area is 130 Å². The monoisotopic (exact) mass is 297 g/mol. The van der Waals surface area contributed by atoms with Gasteiger partial charge in [-0.15, -0.1) is 0 Å². The number of nitriles is 1. The van der Waals surface area contributed by atoms with Gasteiger partial charge in [0.25, 0.3) is 5.91 Å². The van der Waals surface area contributed by atoms with Gasteiger partial charge in [-0.05, 0) is 31.0 Å². The third-order valence-corrected chi connectivity index (χ3v) is 4.57. The third-order valence-electron chi connectivity index (χ3n) is 4.57. The fourth-order valence-corrected chi connectivity index (χ4v) is 2.95. The van der Waals surface area contributed by atoms with Crippen molar-refractivity contribution in [3.8, 4) is 6.07 Å². The van der Waals surface area contributed by atoms with Gasteiger partial charge in [-0.2, -0.15) is 5.26 Å². The number of carbonyl (C=O) groups excluding carboxylic acids is 2. The van der Waals surface area contributed by atoms with Gasteiger partial charge in [-0.25, -0.2) is 0 Å². The molecule has 2 fully saturated rings. The van der Waals surface area contributed by atoms with Crippen molar-refractivity contribution in [3.05, 3.63) is 35.4 Å².